The highest BCUT2D eigenvalue weighted by molar-refractivity contribution is 6.02. The number of aryl methyl sites for hydroxylation is 2. The van der Waals surface area contributed by atoms with E-state index in [0.29, 0.717) is 28.8 Å². The molecule has 2 aromatic heterocycles. The SMILES string of the molecule is COc1cc2nccc(Oc3cc(C)c(C)cc3C(C)=NNc3ccccn3)c2cc1OC. The van der Waals surface area contributed by atoms with E-state index >= 15 is 0 Å². The van der Waals surface area contributed by atoms with Crippen molar-refractivity contribution in [2.24, 2.45) is 5.10 Å². The number of anilines is 1. The van der Waals surface area contributed by atoms with Crippen molar-refractivity contribution >= 4 is 22.4 Å². The van der Waals surface area contributed by atoms with Crippen LogP contribution in [0, 0.1) is 13.8 Å². The van der Waals surface area contributed by atoms with Crippen molar-refractivity contribution < 1.29 is 14.2 Å². The molecule has 0 saturated heterocycles. The number of pyridine rings is 2. The molecular formula is C26H26N4O3. The van der Waals surface area contributed by atoms with Crippen LogP contribution in [-0.2, 0) is 0 Å². The number of benzene rings is 2. The summed E-state index contributed by atoms with van der Waals surface area (Å²) in [6, 6.07) is 15.3. The molecule has 2 heterocycles. The summed E-state index contributed by atoms with van der Waals surface area (Å²) in [6.07, 6.45) is 3.43. The lowest BCUT2D eigenvalue weighted by Crippen LogP contribution is -2.04. The molecule has 0 unspecified atom stereocenters. The standard InChI is InChI=1S/C26H26N4O3/c1-16-12-19(18(3)29-30-26-8-6-7-10-28-26)23(13-17(16)2)33-22-9-11-27-21-15-25(32-5)24(31-4)14-20(21)22/h6-15H,1-5H3,(H,28,30). The topological polar surface area (TPSA) is 77.9 Å². The number of hydrogen-bond acceptors (Lipinski definition) is 7. The fourth-order valence-electron chi connectivity index (χ4n) is 3.44. The first kappa shape index (κ1) is 22.1. The number of hydrogen-bond donors (Lipinski definition) is 1. The molecule has 33 heavy (non-hydrogen) atoms. The van der Waals surface area contributed by atoms with E-state index in [2.05, 4.69) is 40.4 Å². The minimum absolute atomic E-state index is 0.612. The van der Waals surface area contributed by atoms with Crippen LogP contribution >= 0.6 is 0 Å². The zero-order valence-electron chi connectivity index (χ0n) is 19.3. The molecule has 2 aromatic carbocycles. The molecular weight excluding hydrogens is 416 g/mol. The molecule has 7 heteroatoms. The van der Waals surface area contributed by atoms with Crippen LogP contribution in [-0.4, -0.2) is 29.9 Å². The van der Waals surface area contributed by atoms with Crippen molar-refractivity contribution in [1.82, 2.24) is 9.97 Å². The van der Waals surface area contributed by atoms with Crippen LogP contribution in [0.4, 0.5) is 5.82 Å². The molecule has 0 saturated carbocycles. The highest BCUT2D eigenvalue weighted by Crippen LogP contribution is 2.38. The smallest absolute Gasteiger partial charge is 0.162 e. The van der Waals surface area contributed by atoms with Crippen molar-refractivity contribution in [3.05, 3.63) is 77.6 Å². The quantitative estimate of drug-likeness (QED) is 0.284. The van der Waals surface area contributed by atoms with E-state index in [1.807, 2.05) is 49.4 Å². The Morgan fingerprint density at radius 1 is 0.818 bits per heavy atom. The minimum Gasteiger partial charge on any atom is -0.493 e. The maximum atomic E-state index is 6.44. The van der Waals surface area contributed by atoms with Crippen LogP contribution in [0.15, 0.2) is 66.0 Å². The second kappa shape index (κ2) is 9.56. The number of ether oxygens (including phenoxy) is 3. The number of fused-ring (bicyclic) bond motifs is 1. The van der Waals surface area contributed by atoms with Gasteiger partial charge in [0.25, 0.3) is 0 Å². The highest BCUT2D eigenvalue weighted by atomic mass is 16.5. The summed E-state index contributed by atoms with van der Waals surface area (Å²) in [7, 11) is 3.21. The molecule has 0 bridgehead atoms. The first-order chi connectivity index (χ1) is 16.0. The van der Waals surface area contributed by atoms with E-state index in [9.17, 15) is 0 Å². The van der Waals surface area contributed by atoms with Gasteiger partial charge in [0.2, 0.25) is 0 Å². The summed E-state index contributed by atoms with van der Waals surface area (Å²) < 4.78 is 17.3. The molecule has 4 aromatic rings. The van der Waals surface area contributed by atoms with Gasteiger partial charge in [-0.05, 0) is 68.3 Å². The van der Waals surface area contributed by atoms with Crippen LogP contribution in [0.1, 0.15) is 23.6 Å². The molecule has 7 nitrogen and oxygen atoms in total. The Hall–Kier alpha value is -4.13. The summed E-state index contributed by atoms with van der Waals surface area (Å²) in [5.41, 5.74) is 7.68. The maximum Gasteiger partial charge on any atom is 0.162 e. The minimum atomic E-state index is 0.612. The second-order valence-electron chi connectivity index (χ2n) is 7.59. The van der Waals surface area contributed by atoms with Crippen molar-refractivity contribution in [1.29, 1.82) is 0 Å². The summed E-state index contributed by atoms with van der Waals surface area (Å²) in [5, 5.41) is 5.35. The molecule has 0 radical (unpaired) electrons. The Morgan fingerprint density at radius 3 is 2.30 bits per heavy atom. The monoisotopic (exact) mass is 442 g/mol. The molecule has 0 atom stereocenters. The molecule has 0 fully saturated rings. The van der Waals surface area contributed by atoms with Gasteiger partial charge in [-0.3, -0.25) is 10.4 Å². The number of methoxy groups -OCH3 is 2. The third kappa shape index (κ3) is 4.72. The van der Waals surface area contributed by atoms with Gasteiger partial charge in [-0.15, -0.1) is 0 Å². The Bertz CT molecular complexity index is 1320. The number of nitrogens with one attached hydrogen (secondary N) is 1. The third-order valence-corrected chi connectivity index (χ3v) is 5.42. The van der Waals surface area contributed by atoms with E-state index in [1.165, 1.54) is 0 Å². The van der Waals surface area contributed by atoms with E-state index in [4.69, 9.17) is 14.2 Å². The van der Waals surface area contributed by atoms with Gasteiger partial charge in [0.1, 0.15) is 17.3 Å². The van der Waals surface area contributed by atoms with Crippen LogP contribution in [0.2, 0.25) is 0 Å². The van der Waals surface area contributed by atoms with E-state index < -0.39 is 0 Å². The molecule has 0 aliphatic heterocycles. The molecule has 4 rings (SSSR count). The number of hydrazone groups is 1. The Kier molecular flexibility index (Phi) is 6.40. The fraction of sp³-hybridized carbons (Fsp3) is 0.192. The van der Waals surface area contributed by atoms with Crippen molar-refractivity contribution in [3.63, 3.8) is 0 Å². The molecule has 0 aliphatic carbocycles. The largest absolute Gasteiger partial charge is 0.493 e. The van der Waals surface area contributed by atoms with Gasteiger partial charge in [0.05, 0.1) is 25.4 Å². The lowest BCUT2D eigenvalue weighted by molar-refractivity contribution is 0.355. The molecule has 168 valence electrons. The Morgan fingerprint density at radius 2 is 1.58 bits per heavy atom. The Balaban J connectivity index is 1.75. The van der Waals surface area contributed by atoms with Crippen molar-refractivity contribution in [2.45, 2.75) is 20.8 Å². The average Bonchev–Trinajstić information content (AvgIpc) is 2.84. The van der Waals surface area contributed by atoms with Crippen LogP contribution in [0.5, 0.6) is 23.0 Å². The van der Waals surface area contributed by atoms with Crippen molar-refractivity contribution in [3.8, 4) is 23.0 Å². The van der Waals surface area contributed by atoms with Gasteiger partial charge in [-0.1, -0.05) is 6.07 Å². The molecule has 0 amide bonds. The summed E-state index contributed by atoms with van der Waals surface area (Å²) >= 11 is 0. The number of nitrogens with zero attached hydrogens (tertiary/aromatic N) is 3. The lowest BCUT2D eigenvalue weighted by Gasteiger charge is -2.16. The van der Waals surface area contributed by atoms with Gasteiger partial charge in [0, 0.05) is 29.4 Å². The van der Waals surface area contributed by atoms with Gasteiger partial charge in [-0.2, -0.15) is 5.10 Å². The predicted molar refractivity (Wildman–Crippen MR) is 131 cm³/mol. The fourth-order valence-corrected chi connectivity index (χ4v) is 3.44. The van der Waals surface area contributed by atoms with E-state index in [-0.39, 0.29) is 0 Å². The van der Waals surface area contributed by atoms with Crippen LogP contribution < -0.4 is 19.6 Å². The van der Waals surface area contributed by atoms with Gasteiger partial charge in [0.15, 0.2) is 11.5 Å². The van der Waals surface area contributed by atoms with E-state index in [1.54, 1.807) is 26.6 Å². The number of aromatic nitrogens is 2. The summed E-state index contributed by atoms with van der Waals surface area (Å²) in [5.74, 6) is 3.26. The van der Waals surface area contributed by atoms with Gasteiger partial charge >= 0.3 is 0 Å². The normalized spacial score (nSPS) is 11.4. The maximum absolute atomic E-state index is 6.44. The average molecular weight is 443 g/mol. The van der Waals surface area contributed by atoms with Crippen molar-refractivity contribution in [2.75, 3.05) is 19.6 Å². The summed E-state index contributed by atoms with van der Waals surface area (Å²) in [4.78, 5) is 8.72. The zero-order valence-corrected chi connectivity index (χ0v) is 19.3. The first-order valence-electron chi connectivity index (χ1n) is 10.5. The van der Waals surface area contributed by atoms with Gasteiger partial charge < -0.3 is 14.2 Å². The lowest BCUT2D eigenvalue weighted by atomic mass is 10.0. The van der Waals surface area contributed by atoms with Crippen LogP contribution in [0.3, 0.4) is 0 Å². The third-order valence-electron chi connectivity index (χ3n) is 5.42. The summed E-state index contributed by atoms with van der Waals surface area (Å²) in [6.45, 7) is 6.07. The second-order valence-corrected chi connectivity index (χ2v) is 7.59. The molecule has 1 N–H and O–H groups in total. The highest BCUT2D eigenvalue weighted by Gasteiger charge is 2.15. The molecule has 0 spiro atoms. The predicted octanol–water partition coefficient (Wildman–Crippen LogP) is 5.89. The van der Waals surface area contributed by atoms with Gasteiger partial charge in [-0.25, -0.2) is 4.98 Å². The van der Waals surface area contributed by atoms with E-state index in [0.717, 1.165) is 33.3 Å². The zero-order chi connectivity index (χ0) is 23.4. The molecule has 0 aliphatic rings. The number of rotatable bonds is 7. The van der Waals surface area contributed by atoms with Crippen LogP contribution in [0.25, 0.3) is 10.9 Å². The Labute approximate surface area is 193 Å². The first-order valence-corrected chi connectivity index (χ1v) is 10.5.